The van der Waals surface area contributed by atoms with E-state index in [4.69, 9.17) is 4.74 Å². The van der Waals surface area contributed by atoms with Gasteiger partial charge in [0.2, 0.25) is 5.88 Å². The van der Waals surface area contributed by atoms with E-state index in [2.05, 4.69) is 9.97 Å². The van der Waals surface area contributed by atoms with Crippen LogP contribution in [-0.2, 0) is 13.2 Å². The van der Waals surface area contributed by atoms with E-state index in [1.807, 2.05) is 0 Å². The zero-order valence-corrected chi connectivity index (χ0v) is 13.1. The van der Waals surface area contributed by atoms with Crippen molar-refractivity contribution in [2.45, 2.75) is 13.1 Å². The van der Waals surface area contributed by atoms with Gasteiger partial charge in [-0.1, -0.05) is 0 Å². The Bertz CT molecular complexity index is 909. The van der Waals surface area contributed by atoms with E-state index in [9.17, 15) is 18.3 Å². The maximum atomic E-state index is 12.9. The van der Waals surface area contributed by atoms with Crippen LogP contribution in [0.15, 0.2) is 24.3 Å². The predicted octanol–water partition coefficient (Wildman–Crippen LogP) is 3.68. The van der Waals surface area contributed by atoms with Gasteiger partial charge in [-0.25, -0.2) is 4.98 Å². The SMILES string of the molecule is COc1ccc2c(n1)nc(-c1c(C)cc(C(F)(F)F)cc1O)n2C. The molecule has 1 aromatic carbocycles. The van der Waals surface area contributed by atoms with E-state index in [1.54, 1.807) is 23.7 Å². The van der Waals surface area contributed by atoms with Crippen molar-refractivity contribution in [1.82, 2.24) is 14.5 Å². The summed E-state index contributed by atoms with van der Waals surface area (Å²) in [6.45, 7) is 1.50. The minimum absolute atomic E-state index is 0.238. The summed E-state index contributed by atoms with van der Waals surface area (Å²) < 4.78 is 45.3. The average molecular weight is 337 g/mol. The number of nitrogens with zero attached hydrogens (tertiary/aromatic N) is 3. The number of hydrogen-bond acceptors (Lipinski definition) is 4. The van der Waals surface area contributed by atoms with Crippen molar-refractivity contribution in [2.75, 3.05) is 7.11 Å². The molecule has 1 N–H and O–H groups in total. The molecule has 0 unspecified atom stereocenters. The third kappa shape index (κ3) is 2.53. The van der Waals surface area contributed by atoms with Crippen LogP contribution < -0.4 is 4.74 Å². The highest BCUT2D eigenvalue weighted by molar-refractivity contribution is 5.80. The van der Waals surface area contributed by atoms with E-state index in [0.29, 0.717) is 28.9 Å². The number of aromatic hydroxyl groups is 1. The number of halogens is 3. The van der Waals surface area contributed by atoms with Crippen LogP contribution in [-0.4, -0.2) is 26.8 Å². The molecule has 5 nitrogen and oxygen atoms in total. The fraction of sp³-hybridized carbons (Fsp3) is 0.250. The van der Waals surface area contributed by atoms with Gasteiger partial charge in [-0.3, -0.25) is 0 Å². The van der Waals surface area contributed by atoms with E-state index in [0.717, 1.165) is 6.07 Å². The Morgan fingerprint density at radius 3 is 2.46 bits per heavy atom. The van der Waals surface area contributed by atoms with Crippen molar-refractivity contribution in [3.05, 3.63) is 35.4 Å². The second-order valence-corrected chi connectivity index (χ2v) is 5.38. The largest absolute Gasteiger partial charge is 0.507 e. The minimum atomic E-state index is -4.53. The first kappa shape index (κ1) is 16.1. The molecule has 0 amide bonds. The number of phenols is 1. The molecule has 24 heavy (non-hydrogen) atoms. The zero-order chi connectivity index (χ0) is 17.6. The normalized spacial score (nSPS) is 11.9. The van der Waals surface area contributed by atoms with Gasteiger partial charge in [0.15, 0.2) is 5.65 Å². The van der Waals surface area contributed by atoms with Crippen molar-refractivity contribution in [3.8, 4) is 23.0 Å². The Labute approximate surface area is 135 Å². The van der Waals surface area contributed by atoms with Crippen LogP contribution in [0.5, 0.6) is 11.6 Å². The standard InChI is InChI=1S/C16H14F3N3O2/c1-8-6-9(16(17,18)19)7-11(23)13(8)15-21-14-10(22(15)2)4-5-12(20-14)24-3/h4-7,23H,1-3H3. The van der Waals surface area contributed by atoms with Crippen LogP contribution in [0.25, 0.3) is 22.6 Å². The average Bonchev–Trinajstić information content (AvgIpc) is 2.82. The summed E-state index contributed by atoms with van der Waals surface area (Å²) in [7, 11) is 3.18. The Morgan fingerprint density at radius 1 is 1.17 bits per heavy atom. The number of aromatic nitrogens is 3. The summed E-state index contributed by atoms with van der Waals surface area (Å²) in [6.07, 6.45) is -4.53. The summed E-state index contributed by atoms with van der Waals surface area (Å²) in [6, 6.07) is 5.10. The van der Waals surface area contributed by atoms with Gasteiger partial charge < -0.3 is 14.4 Å². The fourth-order valence-electron chi connectivity index (χ4n) is 2.62. The molecule has 3 aromatic rings. The Balaban J connectivity index is 2.22. The summed E-state index contributed by atoms with van der Waals surface area (Å²) in [5.41, 5.74) is 0.657. The molecule has 0 fully saturated rings. The van der Waals surface area contributed by atoms with Crippen molar-refractivity contribution >= 4 is 11.2 Å². The molecule has 0 radical (unpaired) electrons. The molecule has 2 aromatic heterocycles. The summed E-state index contributed by atoms with van der Waals surface area (Å²) >= 11 is 0. The van der Waals surface area contributed by atoms with Crippen LogP contribution >= 0.6 is 0 Å². The molecule has 0 aliphatic rings. The van der Waals surface area contributed by atoms with Gasteiger partial charge in [-0.2, -0.15) is 18.2 Å². The van der Waals surface area contributed by atoms with Crippen LogP contribution in [0, 0.1) is 6.92 Å². The van der Waals surface area contributed by atoms with Gasteiger partial charge in [-0.05, 0) is 30.7 Å². The summed E-state index contributed by atoms with van der Waals surface area (Å²) in [4.78, 5) is 8.54. The van der Waals surface area contributed by atoms with Crippen molar-refractivity contribution in [3.63, 3.8) is 0 Å². The molecule has 8 heteroatoms. The van der Waals surface area contributed by atoms with Gasteiger partial charge >= 0.3 is 6.18 Å². The molecule has 0 saturated heterocycles. The molecule has 2 heterocycles. The highest BCUT2D eigenvalue weighted by Gasteiger charge is 2.32. The molecule has 0 aliphatic carbocycles. The monoisotopic (exact) mass is 337 g/mol. The number of ether oxygens (including phenoxy) is 1. The molecule has 0 bridgehead atoms. The molecule has 0 spiro atoms. The van der Waals surface area contributed by atoms with Gasteiger partial charge in [0.1, 0.15) is 11.6 Å². The lowest BCUT2D eigenvalue weighted by Gasteiger charge is -2.13. The number of phenolic OH excluding ortho intramolecular Hbond substituents is 1. The van der Waals surface area contributed by atoms with E-state index >= 15 is 0 Å². The second kappa shape index (κ2) is 5.40. The first-order valence-corrected chi connectivity index (χ1v) is 7.01. The quantitative estimate of drug-likeness (QED) is 0.775. The number of aryl methyl sites for hydroxylation is 2. The molecular weight excluding hydrogens is 323 g/mol. The van der Waals surface area contributed by atoms with E-state index in [-0.39, 0.29) is 11.1 Å². The molecular formula is C16H14F3N3O2. The molecule has 3 rings (SSSR count). The third-order valence-corrected chi connectivity index (χ3v) is 3.79. The third-order valence-electron chi connectivity index (χ3n) is 3.79. The zero-order valence-electron chi connectivity index (χ0n) is 13.1. The second-order valence-electron chi connectivity index (χ2n) is 5.38. The Hall–Kier alpha value is -2.77. The number of alkyl halides is 3. The van der Waals surface area contributed by atoms with Gasteiger partial charge in [-0.15, -0.1) is 0 Å². The molecule has 0 atom stereocenters. The van der Waals surface area contributed by atoms with E-state index in [1.165, 1.54) is 14.0 Å². The number of rotatable bonds is 2. The topological polar surface area (TPSA) is 60.2 Å². The molecule has 126 valence electrons. The van der Waals surface area contributed by atoms with Crippen LogP contribution in [0.3, 0.4) is 0 Å². The van der Waals surface area contributed by atoms with E-state index < -0.39 is 17.5 Å². The van der Waals surface area contributed by atoms with Gasteiger partial charge in [0.25, 0.3) is 0 Å². The summed E-state index contributed by atoms with van der Waals surface area (Å²) in [5, 5.41) is 10.1. The van der Waals surface area contributed by atoms with Gasteiger partial charge in [0, 0.05) is 13.1 Å². The first-order chi connectivity index (χ1) is 11.2. The Morgan fingerprint density at radius 2 is 1.88 bits per heavy atom. The van der Waals surface area contributed by atoms with Crippen molar-refractivity contribution < 1.29 is 23.0 Å². The predicted molar refractivity (Wildman–Crippen MR) is 81.9 cm³/mol. The number of benzene rings is 1. The molecule has 0 aliphatic heterocycles. The number of pyridine rings is 1. The lowest BCUT2D eigenvalue weighted by Crippen LogP contribution is -2.06. The highest BCUT2D eigenvalue weighted by Crippen LogP contribution is 2.39. The number of fused-ring (bicyclic) bond motifs is 1. The van der Waals surface area contributed by atoms with Crippen molar-refractivity contribution in [1.29, 1.82) is 0 Å². The first-order valence-electron chi connectivity index (χ1n) is 7.01. The van der Waals surface area contributed by atoms with Crippen LogP contribution in [0.2, 0.25) is 0 Å². The van der Waals surface area contributed by atoms with Crippen LogP contribution in [0.1, 0.15) is 11.1 Å². The lowest BCUT2D eigenvalue weighted by atomic mass is 10.0. The van der Waals surface area contributed by atoms with Gasteiger partial charge in [0.05, 0.1) is 23.8 Å². The van der Waals surface area contributed by atoms with Crippen LogP contribution in [0.4, 0.5) is 13.2 Å². The lowest BCUT2D eigenvalue weighted by molar-refractivity contribution is -0.137. The summed E-state index contributed by atoms with van der Waals surface area (Å²) in [5.74, 6) is 0.225. The number of methoxy groups -OCH3 is 1. The molecule has 0 saturated carbocycles. The fourth-order valence-corrected chi connectivity index (χ4v) is 2.62. The number of hydrogen-bond donors (Lipinski definition) is 1. The van der Waals surface area contributed by atoms with Crippen molar-refractivity contribution in [2.24, 2.45) is 7.05 Å². The minimum Gasteiger partial charge on any atom is -0.507 e. The smallest absolute Gasteiger partial charge is 0.416 e. The highest BCUT2D eigenvalue weighted by atomic mass is 19.4. The maximum absolute atomic E-state index is 12.9. The maximum Gasteiger partial charge on any atom is 0.416 e. The number of imidazole rings is 1. The Kier molecular flexibility index (Phi) is 3.62.